The van der Waals surface area contributed by atoms with Gasteiger partial charge in [0, 0.05) is 12.5 Å². The lowest BCUT2D eigenvalue weighted by Gasteiger charge is -2.00. The van der Waals surface area contributed by atoms with Gasteiger partial charge < -0.3 is 0 Å². The van der Waals surface area contributed by atoms with Crippen molar-refractivity contribution in [3.05, 3.63) is 70.2 Å². The number of hydrogen-bond donors (Lipinski definition) is 0. The minimum atomic E-state index is 0.643. The van der Waals surface area contributed by atoms with Gasteiger partial charge in [-0.2, -0.15) is 0 Å². The Labute approximate surface area is 95.2 Å². The fraction of sp³-hybridized carbons (Fsp3) is 0.143. The fourth-order valence-electron chi connectivity index (χ4n) is 1.80. The highest BCUT2D eigenvalue weighted by atomic mass is 14.8. The van der Waals surface area contributed by atoms with E-state index in [1.165, 1.54) is 11.1 Å². The molecule has 0 heterocycles. The van der Waals surface area contributed by atoms with E-state index in [2.05, 4.69) is 30.1 Å². The predicted octanol–water partition coefficient (Wildman–Crippen LogP) is 4.07. The van der Waals surface area contributed by atoms with Crippen molar-refractivity contribution in [2.75, 3.05) is 0 Å². The summed E-state index contributed by atoms with van der Waals surface area (Å²) in [6.45, 7) is 2.08. The van der Waals surface area contributed by atoms with Gasteiger partial charge in [0.25, 0.3) is 0 Å². The highest BCUT2D eigenvalue weighted by Crippen LogP contribution is 2.21. The first-order chi connectivity index (χ1) is 7.79. The zero-order valence-corrected chi connectivity index (χ0v) is 9.22. The molecule has 0 fully saturated rings. The molecule has 0 aliphatic heterocycles. The van der Waals surface area contributed by atoms with E-state index < -0.39 is 0 Å². The molecule has 0 spiro atoms. The maximum atomic E-state index is 8.88. The summed E-state index contributed by atoms with van der Waals surface area (Å²) in [5, 5.41) is 8.88. The molecule has 16 heavy (non-hydrogen) atoms. The molecule has 0 bridgehead atoms. The molecule has 0 aromatic heterocycles. The summed E-state index contributed by atoms with van der Waals surface area (Å²) in [4.78, 5) is 3.29. The van der Waals surface area contributed by atoms with E-state index >= 15 is 0 Å². The lowest BCUT2D eigenvalue weighted by molar-refractivity contribution is 1.18. The molecule has 0 amide bonds. The van der Waals surface area contributed by atoms with Crippen LogP contribution in [0.3, 0.4) is 0 Å². The van der Waals surface area contributed by atoms with Crippen LogP contribution in [-0.2, 0) is 6.42 Å². The van der Waals surface area contributed by atoms with Crippen molar-refractivity contribution in [1.29, 1.82) is 5.39 Å². The molecule has 0 radical (unpaired) electrons. The monoisotopic (exact) mass is 209 g/mol. The molecule has 78 valence electrons. The van der Waals surface area contributed by atoms with E-state index in [1.54, 1.807) is 0 Å². The molecule has 0 unspecified atom stereocenters. The van der Waals surface area contributed by atoms with Crippen molar-refractivity contribution in [1.82, 2.24) is 0 Å². The third kappa shape index (κ3) is 2.26. The van der Waals surface area contributed by atoms with E-state index in [0.717, 1.165) is 12.0 Å². The van der Waals surface area contributed by atoms with E-state index in [0.29, 0.717) is 5.69 Å². The van der Waals surface area contributed by atoms with Crippen LogP contribution in [0.4, 0.5) is 5.69 Å². The molecule has 0 aliphatic rings. The standard InChI is InChI=1S/C14H13N2/c1-11-5-4-6-12(9-11)10-13-7-2-3-8-14(13)16-15/h2-9H,10H2,1H3/q+1. The van der Waals surface area contributed by atoms with Crippen molar-refractivity contribution < 1.29 is 0 Å². The van der Waals surface area contributed by atoms with Crippen molar-refractivity contribution in [2.24, 2.45) is 0 Å². The Morgan fingerprint density at radius 3 is 2.62 bits per heavy atom. The summed E-state index contributed by atoms with van der Waals surface area (Å²) in [5.74, 6) is 0. The molecule has 0 atom stereocenters. The van der Waals surface area contributed by atoms with E-state index in [1.807, 2.05) is 30.3 Å². The number of aryl methyl sites for hydroxylation is 1. The van der Waals surface area contributed by atoms with Crippen LogP contribution in [0.5, 0.6) is 0 Å². The van der Waals surface area contributed by atoms with Gasteiger partial charge in [0.1, 0.15) is 0 Å². The molecular weight excluding hydrogens is 196 g/mol. The number of nitrogens with zero attached hydrogens (tertiary/aromatic N) is 2. The molecule has 2 rings (SSSR count). The van der Waals surface area contributed by atoms with Crippen molar-refractivity contribution in [2.45, 2.75) is 13.3 Å². The Bertz CT molecular complexity index is 538. The quantitative estimate of drug-likeness (QED) is 0.685. The molecule has 2 nitrogen and oxygen atoms in total. The van der Waals surface area contributed by atoms with Gasteiger partial charge in [0.05, 0.1) is 5.56 Å². The maximum absolute atomic E-state index is 8.88. The van der Waals surface area contributed by atoms with Gasteiger partial charge in [0.15, 0.2) is 4.98 Å². The van der Waals surface area contributed by atoms with Crippen LogP contribution in [0.2, 0.25) is 0 Å². The molecule has 0 N–H and O–H groups in total. The summed E-state index contributed by atoms with van der Waals surface area (Å²) in [7, 11) is 0. The van der Waals surface area contributed by atoms with Crippen LogP contribution in [-0.4, -0.2) is 0 Å². The molecule has 2 aromatic rings. The van der Waals surface area contributed by atoms with E-state index in [4.69, 9.17) is 5.39 Å². The second-order valence-corrected chi connectivity index (χ2v) is 3.89. The van der Waals surface area contributed by atoms with Crippen LogP contribution in [0.25, 0.3) is 4.98 Å². The van der Waals surface area contributed by atoms with E-state index in [9.17, 15) is 0 Å². The van der Waals surface area contributed by atoms with Gasteiger partial charge >= 0.3 is 5.69 Å². The van der Waals surface area contributed by atoms with Gasteiger partial charge in [-0.3, -0.25) is 0 Å². The number of diazo groups is 1. The third-order valence-electron chi connectivity index (χ3n) is 2.58. The zero-order chi connectivity index (χ0) is 11.4. The molecule has 0 aliphatic carbocycles. The van der Waals surface area contributed by atoms with Crippen molar-refractivity contribution in [3.63, 3.8) is 0 Å². The first-order valence-corrected chi connectivity index (χ1v) is 5.28. The molecule has 0 saturated heterocycles. The van der Waals surface area contributed by atoms with Crippen LogP contribution in [0.15, 0.2) is 48.5 Å². The average Bonchev–Trinajstić information content (AvgIpc) is 2.30. The van der Waals surface area contributed by atoms with Gasteiger partial charge in [-0.25, -0.2) is 0 Å². The minimum Gasteiger partial charge on any atom is -0.0617 e. The average molecular weight is 209 g/mol. The summed E-state index contributed by atoms with van der Waals surface area (Å²) >= 11 is 0. The Kier molecular flexibility index (Phi) is 2.98. The molecule has 2 aromatic carbocycles. The Morgan fingerprint density at radius 2 is 1.88 bits per heavy atom. The zero-order valence-electron chi connectivity index (χ0n) is 9.22. The molecule has 2 heteroatoms. The third-order valence-corrected chi connectivity index (χ3v) is 2.58. The Morgan fingerprint density at radius 1 is 1.06 bits per heavy atom. The summed E-state index contributed by atoms with van der Waals surface area (Å²) in [5.41, 5.74) is 4.16. The maximum Gasteiger partial charge on any atom is 0.388 e. The topological polar surface area (TPSA) is 28.1 Å². The smallest absolute Gasteiger partial charge is 0.0617 e. The summed E-state index contributed by atoms with van der Waals surface area (Å²) in [6, 6.07) is 16.0. The lowest BCUT2D eigenvalue weighted by Crippen LogP contribution is -1.88. The Hall–Kier alpha value is -2.14. The summed E-state index contributed by atoms with van der Waals surface area (Å²) < 4.78 is 0. The SMILES string of the molecule is Cc1cccc(Cc2ccccc2[N+]#N)c1. The van der Waals surface area contributed by atoms with Crippen LogP contribution < -0.4 is 0 Å². The van der Waals surface area contributed by atoms with E-state index in [-0.39, 0.29) is 0 Å². The van der Waals surface area contributed by atoms with Gasteiger partial charge in [-0.05, 0) is 12.5 Å². The molecular formula is C14H13N2+. The minimum absolute atomic E-state index is 0.643. The second kappa shape index (κ2) is 4.59. The highest BCUT2D eigenvalue weighted by molar-refractivity contribution is 5.53. The van der Waals surface area contributed by atoms with Crippen molar-refractivity contribution >= 4 is 5.69 Å². The number of rotatable bonds is 2. The lowest BCUT2D eigenvalue weighted by atomic mass is 10.0. The normalized spacial score (nSPS) is 9.75. The highest BCUT2D eigenvalue weighted by Gasteiger charge is 2.11. The fourth-order valence-corrected chi connectivity index (χ4v) is 1.80. The predicted molar refractivity (Wildman–Crippen MR) is 65.2 cm³/mol. The van der Waals surface area contributed by atoms with Gasteiger partial charge in [0.2, 0.25) is 5.39 Å². The first kappa shape index (κ1) is 10.4. The van der Waals surface area contributed by atoms with Crippen LogP contribution in [0, 0.1) is 12.3 Å². The number of benzene rings is 2. The van der Waals surface area contributed by atoms with Crippen molar-refractivity contribution in [3.8, 4) is 0 Å². The van der Waals surface area contributed by atoms with Gasteiger partial charge in [-0.1, -0.05) is 48.0 Å². The summed E-state index contributed by atoms with van der Waals surface area (Å²) in [6.07, 6.45) is 0.794. The number of hydrogen-bond acceptors (Lipinski definition) is 1. The molecule has 0 saturated carbocycles. The van der Waals surface area contributed by atoms with Crippen LogP contribution >= 0.6 is 0 Å². The first-order valence-electron chi connectivity index (χ1n) is 5.28. The van der Waals surface area contributed by atoms with Gasteiger partial charge in [-0.15, -0.1) is 0 Å². The second-order valence-electron chi connectivity index (χ2n) is 3.89. The Balaban J connectivity index is 2.31. The van der Waals surface area contributed by atoms with Crippen LogP contribution in [0.1, 0.15) is 16.7 Å². The largest absolute Gasteiger partial charge is 0.388 e.